The van der Waals surface area contributed by atoms with Crippen molar-refractivity contribution in [3.05, 3.63) is 23.4 Å². The summed E-state index contributed by atoms with van der Waals surface area (Å²) < 4.78 is 0. The zero-order valence-corrected chi connectivity index (χ0v) is 15.0. The van der Waals surface area contributed by atoms with Crippen LogP contribution < -0.4 is 5.32 Å². The second kappa shape index (κ2) is 7.15. The van der Waals surface area contributed by atoms with Crippen LogP contribution in [0, 0.1) is 12.8 Å². The highest BCUT2D eigenvalue weighted by Gasteiger charge is 2.21. The van der Waals surface area contributed by atoms with Crippen molar-refractivity contribution in [3.8, 4) is 0 Å². The smallest absolute Gasteiger partial charge is 0.0991 e. The molecule has 2 nitrogen and oxygen atoms in total. The molecule has 118 valence electrons. The first kappa shape index (κ1) is 16.8. The molecule has 0 radical (unpaired) electrons. The summed E-state index contributed by atoms with van der Waals surface area (Å²) in [5.41, 5.74) is 2.76. The fourth-order valence-electron chi connectivity index (χ4n) is 2.85. The van der Waals surface area contributed by atoms with Crippen molar-refractivity contribution in [2.45, 2.75) is 82.7 Å². The van der Waals surface area contributed by atoms with Gasteiger partial charge in [0.25, 0.3) is 0 Å². The molecule has 1 heterocycles. The second-order valence-electron chi connectivity index (χ2n) is 7.58. The highest BCUT2D eigenvalue weighted by atomic mass is 32.2. The molecule has 1 aliphatic carbocycles. The molecule has 1 aromatic heterocycles. The molecule has 0 aliphatic heterocycles. The molecule has 1 aromatic rings. The van der Waals surface area contributed by atoms with Crippen LogP contribution in [0.4, 0.5) is 0 Å². The average molecular weight is 307 g/mol. The number of nitrogens with one attached hydrogen (secondary N) is 1. The van der Waals surface area contributed by atoms with E-state index in [1.165, 1.54) is 41.8 Å². The maximum absolute atomic E-state index is 4.72. The quantitative estimate of drug-likeness (QED) is 0.852. The van der Waals surface area contributed by atoms with Gasteiger partial charge in [0, 0.05) is 23.5 Å². The van der Waals surface area contributed by atoms with Gasteiger partial charge >= 0.3 is 0 Å². The summed E-state index contributed by atoms with van der Waals surface area (Å²) in [7, 11) is 0. The van der Waals surface area contributed by atoms with Gasteiger partial charge < -0.3 is 5.32 Å². The van der Waals surface area contributed by atoms with Crippen LogP contribution in [0.15, 0.2) is 17.3 Å². The number of aryl methyl sites for hydroxylation is 1. The molecule has 21 heavy (non-hydrogen) atoms. The first-order valence-electron chi connectivity index (χ1n) is 8.21. The summed E-state index contributed by atoms with van der Waals surface area (Å²) >= 11 is 2.00. The Kier molecular flexibility index (Phi) is 5.73. The number of pyridine rings is 1. The van der Waals surface area contributed by atoms with Gasteiger partial charge in [-0.1, -0.05) is 25.8 Å². The van der Waals surface area contributed by atoms with Crippen molar-refractivity contribution in [1.29, 1.82) is 0 Å². The lowest BCUT2D eigenvalue weighted by Crippen LogP contribution is -2.35. The van der Waals surface area contributed by atoms with Gasteiger partial charge in [-0.25, -0.2) is 4.98 Å². The number of thioether (sulfide) groups is 1. The minimum absolute atomic E-state index is 0.152. The monoisotopic (exact) mass is 306 g/mol. The molecule has 0 bridgehead atoms. The Morgan fingerprint density at radius 2 is 2.10 bits per heavy atom. The van der Waals surface area contributed by atoms with E-state index in [1.807, 2.05) is 18.0 Å². The van der Waals surface area contributed by atoms with E-state index < -0.39 is 0 Å². The Morgan fingerprint density at radius 3 is 2.71 bits per heavy atom. The van der Waals surface area contributed by atoms with E-state index in [9.17, 15) is 0 Å². The number of hydrogen-bond acceptors (Lipinski definition) is 3. The predicted molar refractivity (Wildman–Crippen MR) is 92.8 cm³/mol. The average Bonchev–Trinajstić information content (AvgIpc) is 2.38. The first-order chi connectivity index (χ1) is 9.83. The second-order valence-corrected chi connectivity index (χ2v) is 8.87. The molecule has 2 unspecified atom stereocenters. The standard InChI is InChI=1S/C18H30N2S/c1-13-7-6-8-16(9-13)21-17-14(2)10-15(11-19-17)12-20-18(3,4)5/h10-11,13,16,20H,6-9,12H2,1-5H3. The van der Waals surface area contributed by atoms with Crippen LogP contribution in [0.3, 0.4) is 0 Å². The fourth-order valence-corrected chi connectivity index (χ4v) is 4.23. The summed E-state index contributed by atoms with van der Waals surface area (Å²) in [6.07, 6.45) is 7.52. The minimum atomic E-state index is 0.152. The van der Waals surface area contributed by atoms with Gasteiger partial charge in [-0.3, -0.25) is 0 Å². The van der Waals surface area contributed by atoms with Gasteiger partial charge in [0.15, 0.2) is 0 Å². The van der Waals surface area contributed by atoms with Gasteiger partial charge in [0.2, 0.25) is 0 Å². The van der Waals surface area contributed by atoms with Crippen molar-refractivity contribution in [2.24, 2.45) is 5.92 Å². The maximum atomic E-state index is 4.72. The molecule has 1 saturated carbocycles. The Balaban J connectivity index is 1.95. The van der Waals surface area contributed by atoms with Crippen molar-refractivity contribution in [1.82, 2.24) is 10.3 Å². The highest BCUT2D eigenvalue weighted by Crippen LogP contribution is 2.36. The normalized spacial score (nSPS) is 23.3. The molecule has 2 atom stereocenters. The van der Waals surface area contributed by atoms with E-state index >= 15 is 0 Å². The lowest BCUT2D eigenvalue weighted by molar-refractivity contribution is 0.394. The Morgan fingerprint density at radius 1 is 1.33 bits per heavy atom. The molecule has 1 fully saturated rings. The van der Waals surface area contributed by atoms with Gasteiger partial charge in [-0.15, -0.1) is 11.8 Å². The third kappa shape index (κ3) is 5.63. The number of nitrogens with zero attached hydrogens (tertiary/aromatic N) is 1. The van der Waals surface area contributed by atoms with Crippen LogP contribution in [-0.4, -0.2) is 15.8 Å². The van der Waals surface area contributed by atoms with Crippen molar-refractivity contribution >= 4 is 11.8 Å². The van der Waals surface area contributed by atoms with E-state index in [-0.39, 0.29) is 5.54 Å². The van der Waals surface area contributed by atoms with Crippen LogP contribution in [0.5, 0.6) is 0 Å². The van der Waals surface area contributed by atoms with Crippen LogP contribution in [0.1, 0.15) is 64.5 Å². The van der Waals surface area contributed by atoms with Gasteiger partial charge in [0.05, 0.1) is 5.03 Å². The molecular formula is C18H30N2S. The van der Waals surface area contributed by atoms with E-state index in [2.05, 4.69) is 46.0 Å². The SMILES string of the molecule is Cc1cc(CNC(C)(C)C)cnc1SC1CCCC(C)C1. The van der Waals surface area contributed by atoms with Crippen LogP contribution in [-0.2, 0) is 6.54 Å². The van der Waals surface area contributed by atoms with E-state index in [0.29, 0.717) is 0 Å². The molecule has 0 spiro atoms. The van der Waals surface area contributed by atoms with Crippen LogP contribution in [0.25, 0.3) is 0 Å². The third-order valence-corrected chi connectivity index (χ3v) is 5.49. The summed E-state index contributed by atoms with van der Waals surface area (Å²) in [5.74, 6) is 0.881. The first-order valence-corrected chi connectivity index (χ1v) is 9.08. The van der Waals surface area contributed by atoms with Gasteiger partial charge in [-0.2, -0.15) is 0 Å². The van der Waals surface area contributed by atoms with E-state index in [0.717, 1.165) is 17.7 Å². The summed E-state index contributed by atoms with van der Waals surface area (Å²) in [6, 6.07) is 2.29. The Bertz CT molecular complexity index is 465. The van der Waals surface area contributed by atoms with Crippen LogP contribution in [0.2, 0.25) is 0 Å². The lowest BCUT2D eigenvalue weighted by Gasteiger charge is -2.26. The Hall–Kier alpha value is -0.540. The minimum Gasteiger partial charge on any atom is -0.308 e. The lowest BCUT2D eigenvalue weighted by atomic mass is 9.91. The van der Waals surface area contributed by atoms with Crippen molar-refractivity contribution in [2.75, 3.05) is 0 Å². The van der Waals surface area contributed by atoms with E-state index in [1.54, 1.807) is 0 Å². The predicted octanol–water partition coefficient (Wildman–Crippen LogP) is 4.95. The van der Waals surface area contributed by atoms with Crippen LogP contribution >= 0.6 is 11.8 Å². The largest absolute Gasteiger partial charge is 0.308 e. The highest BCUT2D eigenvalue weighted by molar-refractivity contribution is 7.99. The topological polar surface area (TPSA) is 24.9 Å². The van der Waals surface area contributed by atoms with Gasteiger partial charge in [0.1, 0.15) is 0 Å². The van der Waals surface area contributed by atoms with E-state index in [4.69, 9.17) is 4.98 Å². The number of hydrogen-bond donors (Lipinski definition) is 1. The van der Waals surface area contributed by atoms with Crippen molar-refractivity contribution < 1.29 is 0 Å². The molecular weight excluding hydrogens is 276 g/mol. The fraction of sp³-hybridized carbons (Fsp3) is 0.722. The molecule has 0 saturated heterocycles. The molecule has 1 aliphatic rings. The molecule has 0 aromatic carbocycles. The van der Waals surface area contributed by atoms with Crippen molar-refractivity contribution in [3.63, 3.8) is 0 Å². The molecule has 0 amide bonds. The number of rotatable bonds is 4. The molecule has 2 rings (SSSR count). The molecule has 1 N–H and O–H groups in total. The third-order valence-electron chi connectivity index (χ3n) is 4.08. The summed E-state index contributed by atoms with van der Waals surface area (Å²) in [6.45, 7) is 12.1. The summed E-state index contributed by atoms with van der Waals surface area (Å²) in [4.78, 5) is 4.72. The zero-order valence-electron chi connectivity index (χ0n) is 14.2. The molecule has 3 heteroatoms. The van der Waals surface area contributed by atoms with Gasteiger partial charge in [-0.05, 0) is 57.6 Å². The Labute approximate surface area is 134 Å². The maximum Gasteiger partial charge on any atom is 0.0991 e. The summed E-state index contributed by atoms with van der Waals surface area (Å²) in [5, 5.41) is 5.52. The number of aromatic nitrogens is 1. The zero-order chi connectivity index (χ0) is 15.5.